The highest BCUT2D eigenvalue weighted by Crippen LogP contribution is 2.29. The first-order valence-corrected chi connectivity index (χ1v) is 8.09. The molecule has 1 aliphatic rings. The van der Waals surface area contributed by atoms with Crippen LogP contribution in [0.1, 0.15) is 23.2 Å². The molecule has 2 amide bonds. The van der Waals surface area contributed by atoms with Crippen molar-refractivity contribution in [1.82, 2.24) is 0 Å². The van der Waals surface area contributed by atoms with E-state index in [1.54, 1.807) is 49.6 Å². The molecule has 0 unspecified atom stereocenters. The zero-order chi connectivity index (χ0) is 18.5. The second-order valence-electron chi connectivity index (χ2n) is 5.75. The molecule has 0 aromatic heterocycles. The molecule has 0 bridgehead atoms. The highest BCUT2D eigenvalue weighted by molar-refractivity contribution is 6.02. The molecule has 1 aliphatic heterocycles. The van der Waals surface area contributed by atoms with E-state index in [1.807, 2.05) is 0 Å². The van der Waals surface area contributed by atoms with Gasteiger partial charge in [0.05, 0.1) is 12.8 Å². The molecule has 7 nitrogen and oxygen atoms in total. The number of ether oxygens (including phenoxy) is 2. The number of carbonyl (C=O) groups is 3. The average molecular weight is 354 g/mol. The Morgan fingerprint density at radius 1 is 1.19 bits per heavy atom. The van der Waals surface area contributed by atoms with E-state index in [4.69, 9.17) is 9.47 Å². The van der Waals surface area contributed by atoms with Crippen LogP contribution in [0.3, 0.4) is 0 Å². The second kappa shape index (κ2) is 7.69. The van der Waals surface area contributed by atoms with Gasteiger partial charge in [0.15, 0.2) is 12.4 Å². The second-order valence-corrected chi connectivity index (χ2v) is 5.75. The van der Waals surface area contributed by atoms with Crippen LogP contribution >= 0.6 is 0 Å². The Labute approximate surface area is 150 Å². The fraction of sp³-hybridized carbons (Fsp3) is 0.211. The summed E-state index contributed by atoms with van der Waals surface area (Å²) in [5, 5.41) is 5.39. The standard InChI is InChI=1S/C19H18N2O5/c1-25-14-4-2-3-13(10-14)20-18(23)8-6-16(22)12-5-7-17-15(9-12)21-19(24)11-26-17/h2-5,7,9-10H,6,8,11H2,1H3,(H,20,23)(H,21,24). The molecule has 134 valence electrons. The van der Waals surface area contributed by atoms with Gasteiger partial charge in [-0.05, 0) is 30.3 Å². The number of amides is 2. The number of anilines is 2. The molecule has 0 spiro atoms. The Morgan fingerprint density at radius 3 is 2.85 bits per heavy atom. The van der Waals surface area contributed by atoms with Crippen LogP contribution in [0.25, 0.3) is 0 Å². The van der Waals surface area contributed by atoms with Gasteiger partial charge in [0.1, 0.15) is 11.5 Å². The number of Topliss-reactive ketones (excluding diaryl/α,β-unsaturated/α-hetero) is 1. The third-order valence-corrected chi connectivity index (χ3v) is 3.87. The Bertz CT molecular complexity index is 863. The third-order valence-electron chi connectivity index (χ3n) is 3.87. The highest BCUT2D eigenvalue weighted by Gasteiger charge is 2.18. The van der Waals surface area contributed by atoms with Crippen molar-refractivity contribution in [2.24, 2.45) is 0 Å². The number of hydrogen-bond donors (Lipinski definition) is 2. The Hall–Kier alpha value is -3.35. The van der Waals surface area contributed by atoms with Gasteiger partial charge in [-0.15, -0.1) is 0 Å². The van der Waals surface area contributed by atoms with Crippen molar-refractivity contribution >= 4 is 29.0 Å². The smallest absolute Gasteiger partial charge is 0.262 e. The normalized spacial score (nSPS) is 12.4. The first-order valence-electron chi connectivity index (χ1n) is 8.09. The predicted molar refractivity (Wildman–Crippen MR) is 95.8 cm³/mol. The number of ketones is 1. The number of methoxy groups -OCH3 is 1. The maximum atomic E-state index is 12.3. The zero-order valence-electron chi connectivity index (χ0n) is 14.2. The molecule has 2 aromatic rings. The van der Waals surface area contributed by atoms with Gasteiger partial charge in [-0.25, -0.2) is 0 Å². The zero-order valence-corrected chi connectivity index (χ0v) is 14.2. The molecule has 0 fully saturated rings. The molecule has 3 rings (SSSR count). The van der Waals surface area contributed by atoms with Crippen molar-refractivity contribution in [3.05, 3.63) is 48.0 Å². The summed E-state index contributed by atoms with van der Waals surface area (Å²) in [6, 6.07) is 11.8. The molecule has 0 radical (unpaired) electrons. The fourth-order valence-corrected chi connectivity index (χ4v) is 2.55. The maximum Gasteiger partial charge on any atom is 0.262 e. The van der Waals surface area contributed by atoms with Crippen LogP contribution in [0.15, 0.2) is 42.5 Å². The van der Waals surface area contributed by atoms with E-state index >= 15 is 0 Å². The molecular formula is C19H18N2O5. The SMILES string of the molecule is COc1cccc(NC(=O)CCC(=O)c2ccc3c(c2)NC(=O)CO3)c1. The van der Waals surface area contributed by atoms with Crippen LogP contribution in [0, 0.1) is 0 Å². The number of fused-ring (bicyclic) bond motifs is 1. The summed E-state index contributed by atoms with van der Waals surface area (Å²) in [5.41, 5.74) is 1.49. The minimum Gasteiger partial charge on any atom is -0.497 e. The molecule has 0 saturated heterocycles. The molecule has 2 N–H and O–H groups in total. The summed E-state index contributed by atoms with van der Waals surface area (Å²) in [5.74, 6) is 0.448. The summed E-state index contributed by atoms with van der Waals surface area (Å²) < 4.78 is 10.4. The third kappa shape index (κ3) is 4.18. The summed E-state index contributed by atoms with van der Waals surface area (Å²) >= 11 is 0. The number of nitrogens with one attached hydrogen (secondary N) is 2. The molecule has 0 atom stereocenters. The average Bonchev–Trinajstić information content (AvgIpc) is 2.65. The van der Waals surface area contributed by atoms with Gasteiger partial charge in [-0.1, -0.05) is 6.07 Å². The molecule has 1 heterocycles. The van der Waals surface area contributed by atoms with E-state index in [0.717, 1.165) is 0 Å². The maximum absolute atomic E-state index is 12.3. The lowest BCUT2D eigenvalue weighted by molar-refractivity contribution is -0.118. The fourth-order valence-electron chi connectivity index (χ4n) is 2.55. The van der Waals surface area contributed by atoms with Crippen LogP contribution < -0.4 is 20.1 Å². The molecule has 0 saturated carbocycles. The Kier molecular flexibility index (Phi) is 5.17. The lowest BCUT2D eigenvalue weighted by Gasteiger charge is -2.18. The van der Waals surface area contributed by atoms with Gasteiger partial charge in [0, 0.05) is 30.2 Å². The van der Waals surface area contributed by atoms with E-state index in [1.165, 1.54) is 0 Å². The van der Waals surface area contributed by atoms with Crippen molar-refractivity contribution in [2.75, 3.05) is 24.4 Å². The van der Waals surface area contributed by atoms with Gasteiger partial charge < -0.3 is 20.1 Å². The molecule has 7 heteroatoms. The summed E-state index contributed by atoms with van der Waals surface area (Å²) in [7, 11) is 1.55. The van der Waals surface area contributed by atoms with Crippen LogP contribution in [0.5, 0.6) is 11.5 Å². The lowest BCUT2D eigenvalue weighted by atomic mass is 10.0. The van der Waals surface area contributed by atoms with E-state index in [9.17, 15) is 14.4 Å². The predicted octanol–water partition coefficient (Wildman–Crippen LogP) is 2.63. The van der Waals surface area contributed by atoms with Crippen LogP contribution in [0.2, 0.25) is 0 Å². The van der Waals surface area contributed by atoms with E-state index in [2.05, 4.69) is 10.6 Å². The topological polar surface area (TPSA) is 93.7 Å². The highest BCUT2D eigenvalue weighted by atomic mass is 16.5. The van der Waals surface area contributed by atoms with E-state index in [-0.39, 0.29) is 37.0 Å². The molecule has 26 heavy (non-hydrogen) atoms. The minimum atomic E-state index is -0.264. The summed E-state index contributed by atoms with van der Waals surface area (Å²) in [6.45, 7) is -0.0370. The van der Waals surface area contributed by atoms with Gasteiger partial charge >= 0.3 is 0 Å². The van der Waals surface area contributed by atoms with Crippen LogP contribution in [-0.2, 0) is 9.59 Å². The molecular weight excluding hydrogens is 336 g/mol. The Balaban J connectivity index is 1.57. The summed E-state index contributed by atoms with van der Waals surface area (Å²) in [4.78, 5) is 35.7. The monoisotopic (exact) mass is 354 g/mol. The van der Waals surface area contributed by atoms with Crippen molar-refractivity contribution in [1.29, 1.82) is 0 Å². The number of rotatable bonds is 6. The first-order chi connectivity index (χ1) is 12.5. The number of benzene rings is 2. The van der Waals surface area contributed by atoms with Gasteiger partial charge in [0.25, 0.3) is 5.91 Å². The molecule has 2 aromatic carbocycles. The van der Waals surface area contributed by atoms with Crippen LogP contribution in [-0.4, -0.2) is 31.3 Å². The van der Waals surface area contributed by atoms with Crippen molar-refractivity contribution in [3.63, 3.8) is 0 Å². The first kappa shape index (κ1) is 17.5. The largest absolute Gasteiger partial charge is 0.497 e. The lowest BCUT2D eigenvalue weighted by Crippen LogP contribution is -2.25. The van der Waals surface area contributed by atoms with E-state index in [0.29, 0.717) is 28.4 Å². The summed E-state index contributed by atoms with van der Waals surface area (Å²) in [6.07, 6.45) is 0.110. The number of hydrogen-bond acceptors (Lipinski definition) is 5. The number of carbonyl (C=O) groups excluding carboxylic acids is 3. The molecule has 0 aliphatic carbocycles. The van der Waals surface area contributed by atoms with Crippen molar-refractivity contribution < 1.29 is 23.9 Å². The van der Waals surface area contributed by atoms with Gasteiger partial charge in [-0.3, -0.25) is 14.4 Å². The quantitative estimate of drug-likeness (QED) is 0.778. The minimum absolute atomic E-state index is 0.0370. The van der Waals surface area contributed by atoms with E-state index < -0.39 is 0 Å². The van der Waals surface area contributed by atoms with Crippen molar-refractivity contribution in [2.45, 2.75) is 12.8 Å². The van der Waals surface area contributed by atoms with Crippen molar-refractivity contribution in [3.8, 4) is 11.5 Å². The Morgan fingerprint density at radius 2 is 2.04 bits per heavy atom. The van der Waals surface area contributed by atoms with Crippen LogP contribution in [0.4, 0.5) is 11.4 Å². The van der Waals surface area contributed by atoms with Gasteiger partial charge in [-0.2, -0.15) is 0 Å². The van der Waals surface area contributed by atoms with Gasteiger partial charge in [0.2, 0.25) is 5.91 Å².